The van der Waals surface area contributed by atoms with Crippen molar-refractivity contribution >= 4 is 29.2 Å². The lowest BCUT2D eigenvalue weighted by molar-refractivity contribution is 0.318. The Morgan fingerprint density at radius 1 is 1.33 bits per heavy atom. The molecule has 0 radical (unpaired) electrons. The number of hydrogen-bond donors (Lipinski definition) is 2. The van der Waals surface area contributed by atoms with Gasteiger partial charge >= 0.3 is 0 Å². The molecule has 0 fully saturated rings. The Balaban J connectivity index is 2.38. The second-order valence-electron chi connectivity index (χ2n) is 3.27. The van der Waals surface area contributed by atoms with Gasteiger partial charge in [-0.3, -0.25) is 0 Å². The molecule has 0 bridgehead atoms. The average Bonchev–Trinajstić information content (AvgIpc) is 2.41. The van der Waals surface area contributed by atoms with Crippen LogP contribution in [0.2, 0.25) is 5.02 Å². The third-order valence-corrected chi connectivity index (χ3v) is 3.63. The van der Waals surface area contributed by atoms with Crippen molar-refractivity contribution in [3.63, 3.8) is 0 Å². The largest absolute Gasteiger partial charge is 0.409 e. The molecule has 5 nitrogen and oxygen atoms in total. The Labute approximate surface area is 113 Å². The summed E-state index contributed by atoms with van der Waals surface area (Å²) in [6.07, 6.45) is 1.48. The van der Waals surface area contributed by atoms with Crippen molar-refractivity contribution < 1.29 is 5.21 Å². The summed E-state index contributed by atoms with van der Waals surface area (Å²) in [5, 5.41) is 20.6. The first-order valence-corrected chi connectivity index (χ1v) is 6.14. The summed E-state index contributed by atoms with van der Waals surface area (Å²) >= 11 is 7.37. The smallest absolute Gasteiger partial charge is 0.172 e. The SMILES string of the molecule is N/C(=N/O)c1ccnnc1Sc1ccccc1Cl. The van der Waals surface area contributed by atoms with E-state index in [2.05, 4.69) is 15.4 Å². The molecule has 0 saturated heterocycles. The molecule has 0 aliphatic rings. The van der Waals surface area contributed by atoms with E-state index in [0.29, 0.717) is 15.6 Å². The first-order chi connectivity index (χ1) is 8.72. The Bertz CT molecular complexity index is 591. The van der Waals surface area contributed by atoms with Crippen LogP contribution >= 0.6 is 23.4 Å². The number of nitrogens with two attached hydrogens (primary N) is 1. The highest BCUT2D eigenvalue weighted by atomic mass is 35.5. The minimum absolute atomic E-state index is 0.0144. The fourth-order valence-corrected chi connectivity index (χ4v) is 2.42. The first kappa shape index (κ1) is 12.7. The average molecular weight is 281 g/mol. The molecule has 18 heavy (non-hydrogen) atoms. The molecule has 3 N–H and O–H groups in total. The zero-order valence-corrected chi connectivity index (χ0v) is 10.7. The Morgan fingerprint density at radius 3 is 2.83 bits per heavy atom. The first-order valence-electron chi connectivity index (χ1n) is 4.94. The zero-order valence-electron chi connectivity index (χ0n) is 9.12. The van der Waals surface area contributed by atoms with Crippen LogP contribution in [0.3, 0.4) is 0 Å². The second kappa shape index (κ2) is 5.70. The van der Waals surface area contributed by atoms with Crippen LogP contribution in [0.4, 0.5) is 0 Å². The van der Waals surface area contributed by atoms with E-state index in [0.717, 1.165) is 4.90 Å². The van der Waals surface area contributed by atoms with E-state index in [-0.39, 0.29) is 5.84 Å². The van der Waals surface area contributed by atoms with Crippen LogP contribution in [0.25, 0.3) is 0 Å². The van der Waals surface area contributed by atoms with Crippen LogP contribution in [0, 0.1) is 0 Å². The van der Waals surface area contributed by atoms with Crippen molar-refractivity contribution in [2.45, 2.75) is 9.92 Å². The van der Waals surface area contributed by atoms with Crippen LogP contribution in [-0.2, 0) is 0 Å². The highest BCUT2D eigenvalue weighted by molar-refractivity contribution is 7.99. The lowest BCUT2D eigenvalue weighted by Gasteiger charge is -2.06. The minimum atomic E-state index is -0.0144. The lowest BCUT2D eigenvalue weighted by Crippen LogP contribution is -2.15. The summed E-state index contributed by atoms with van der Waals surface area (Å²) in [6, 6.07) is 8.98. The molecule has 2 aromatic rings. The number of rotatable bonds is 3. The van der Waals surface area contributed by atoms with Gasteiger partial charge in [-0.1, -0.05) is 40.7 Å². The molecule has 7 heteroatoms. The number of hydrogen-bond acceptors (Lipinski definition) is 5. The van der Waals surface area contributed by atoms with Crippen molar-refractivity contribution in [1.29, 1.82) is 0 Å². The van der Waals surface area contributed by atoms with E-state index in [9.17, 15) is 0 Å². The number of nitrogens with zero attached hydrogens (tertiary/aromatic N) is 3. The van der Waals surface area contributed by atoms with Gasteiger partial charge in [0.05, 0.1) is 16.8 Å². The number of halogens is 1. The van der Waals surface area contributed by atoms with Crippen molar-refractivity contribution in [3.05, 3.63) is 47.1 Å². The summed E-state index contributed by atoms with van der Waals surface area (Å²) in [5.74, 6) is -0.0144. The van der Waals surface area contributed by atoms with Gasteiger partial charge in [-0.15, -0.1) is 5.10 Å². The second-order valence-corrected chi connectivity index (χ2v) is 4.71. The van der Waals surface area contributed by atoms with Crippen molar-refractivity contribution in [1.82, 2.24) is 10.2 Å². The number of oxime groups is 1. The predicted molar refractivity (Wildman–Crippen MR) is 70.1 cm³/mol. The van der Waals surface area contributed by atoms with Gasteiger partial charge in [0.2, 0.25) is 0 Å². The number of amidine groups is 1. The van der Waals surface area contributed by atoms with E-state index in [1.165, 1.54) is 18.0 Å². The fraction of sp³-hybridized carbons (Fsp3) is 0. The van der Waals surface area contributed by atoms with Gasteiger partial charge in [0.15, 0.2) is 5.84 Å². The topological polar surface area (TPSA) is 84.4 Å². The van der Waals surface area contributed by atoms with E-state index < -0.39 is 0 Å². The van der Waals surface area contributed by atoms with Crippen molar-refractivity contribution in [3.8, 4) is 0 Å². The van der Waals surface area contributed by atoms with Crippen LogP contribution in [-0.4, -0.2) is 21.2 Å². The van der Waals surface area contributed by atoms with Crippen molar-refractivity contribution in [2.75, 3.05) is 0 Å². The Hall–Kier alpha value is -1.79. The zero-order chi connectivity index (χ0) is 13.0. The Morgan fingerprint density at radius 2 is 2.11 bits per heavy atom. The van der Waals surface area contributed by atoms with Gasteiger partial charge in [0.25, 0.3) is 0 Å². The van der Waals surface area contributed by atoms with Gasteiger partial charge in [-0.2, -0.15) is 5.10 Å². The highest BCUT2D eigenvalue weighted by Crippen LogP contribution is 2.33. The highest BCUT2D eigenvalue weighted by Gasteiger charge is 2.11. The van der Waals surface area contributed by atoms with Crippen molar-refractivity contribution in [2.24, 2.45) is 10.9 Å². The van der Waals surface area contributed by atoms with E-state index >= 15 is 0 Å². The molecule has 92 valence electrons. The molecular weight excluding hydrogens is 272 g/mol. The molecule has 1 heterocycles. The number of benzene rings is 1. The molecule has 0 spiro atoms. The molecule has 2 rings (SSSR count). The van der Waals surface area contributed by atoms with Gasteiger partial charge in [-0.25, -0.2) is 0 Å². The Kier molecular flexibility index (Phi) is 4.01. The molecule has 0 amide bonds. The lowest BCUT2D eigenvalue weighted by atomic mass is 10.3. The summed E-state index contributed by atoms with van der Waals surface area (Å²) in [7, 11) is 0. The van der Waals surface area contributed by atoms with Gasteiger partial charge < -0.3 is 10.9 Å². The molecule has 0 unspecified atom stereocenters. The van der Waals surface area contributed by atoms with Gasteiger partial charge in [-0.05, 0) is 18.2 Å². The maximum atomic E-state index is 8.71. The summed E-state index contributed by atoms with van der Waals surface area (Å²) in [5.41, 5.74) is 6.08. The van der Waals surface area contributed by atoms with Crippen LogP contribution in [0.5, 0.6) is 0 Å². The van der Waals surface area contributed by atoms with Gasteiger partial charge in [0.1, 0.15) is 5.03 Å². The number of aromatic nitrogens is 2. The molecule has 0 saturated carbocycles. The maximum absolute atomic E-state index is 8.71. The minimum Gasteiger partial charge on any atom is -0.409 e. The maximum Gasteiger partial charge on any atom is 0.172 e. The molecular formula is C11H9ClN4OS. The van der Waals surface area contributed by atoms with Crippen LogP contribution < -0.4 is 5.73 Å². The molecule has 1 aromatic heterocycles. The van der Waals surface area contributed by atoms with E-state index in [4.69, 9.17) is 22.5 Å². The van der Waals surface area contributed by atoms with E-state index in [1.54, 1.807) is 12.1 Å². The monoisotopic (exact) mass is 280 g/mol. The predicted octanol–water partition coefficient (Wildman–Crippen LogP) is 2.38. The third-order valence-electron chi connectivity index (χ3n) is 2.11. The van der Waals surface area contributed by atoms with Crippen LogP contribution in [0.1, 0.15) is 5.56 Å². The van der Waals surface area contributed by atoms with Gasteiger partial charge in [0, 0.05) is 4.90 Å². The molecule has 0 aliphatic heterocycles. The molecule has 0 atom stereocenters. The molecule has 1 aromatic carbocycles. The summed E-state index contributed by atoms with van der Waals surface area (Å²) in [6.45, 7) is 0. The molecule has 0 aliphatic carbocycles. The quantitative estimate of drug-likeness (QED) is 0.390. The summed E-state index contributed by atoms with van der Waals surface area (Å²) in [4.78, 5) is 0.826. The van der Waals surface area contributed by atoms with E-state index in [1.807, 2.05) is 18.2 Å². The summed E-state index contributed by atoms with van der Waals surface area (Å²) < 4.78 is 0. The fourth-order valence-electron chi connectivity index (χ4n) is 1.27. The van der Waals surface area contributed by atoms with Crippen LogP contribution in [0.15, 0.2) is 51.6 Å². The normalized spacial score (nSPS) is 11.5. The standard InChI is InChI=1S/C11H9ClN4OS/c12-8-3-1-2-4-9(8)18-11-7(10(13)16-17)5-6-14-15-11/h1-6,17H,(H2,13,16). The third kappa shape index (κ3) is 2.72.